The molecule has 11 heteroatoms. The molecule has 1 aromatic heterocycles. The number of benzene rings is 2. The first-order valence-corrected chi connectivity index (χ1v) is 9.45. The molecule has 3 aromatic rings. The summed E-state index contributed by atoms with van der Waals surface area (Å²) in [5.74, 6) is -0.941. The van der Waals surface area contributed by atoms with Gasteiger partial charge in [0.15, 0.2) is 5.82 Å². The fourth-order valence-corrected chi connectivity index (χ4v) is 2.99. The number of amides is 1. The summed E-state index contributed by atoms with van der Waals surface area (Å²) >= 11 is 0. The van der Waals surface area contributed by atoms with E-state index in [9.17, 15) is 27.6 Å². The third-order valence-corrected chi connectivity index (χ3v) is 4.48. The number of ether oxygens (including phenoxy) is 1. The van der Waals surface area contributed by atoms with Gasteiger partial charge in [-0.15, -0.1) is 5.10 Å². The van der Waals surface area contributed by atoms with Crippen LogP contribution in [-0.4, -0.2) is 32.8 Å². The summed E-state index contributed by atoms with van der Waals surface area (Å²) in [6.07, 6.45) is -4.52. The van der Waals surface area contributed by atoms with Gasteiger partial charge in [-0.25, -0.2) is 9.48 Å². The van der Waals surface area contributed by atoms with Gasteiger partial charge in [0.2, 0.25) is 0 Å². The van der Waals surface area contributed by atoms with Gasteiger partial charge in [0.1, 0.15) is 5.75 Å². The molecule has 0 aliphatic rings. The molecule has 0 saturated carbocycles. The monoisotopic (exact) mass is 448 g/mol. The Morgan fingerprint density at radius 3 is 2.53 bits per heavy atom. The van der Waals surface area contributed by atoms with Crippen LogP contribution in [0.2, 0.25) is 0 Å². The number of carbonyl (C=O) groups is 2. The number of alkyl halides is 3. The van der Waals surface area contributed by atoms with Crippen LogP contribution in [0.3, 0.4) is 0 Å². The van der Waals surface area contributed by atoms with Crippen LogP contribution >= 0.6 is 0 Å². The molecule has 1 amide bonds. The fraction of sp³-hybridized carbons (Fsp3) is 0.238. The zero-order valence-electron chi connectivity index (χ0n) is 17.1. The SMILES string of the molecule is CC(=O)Oc1ccccc1C(=O)NCCn1nc(-c2cccc(C(F)(F)F)c2)n(C)c1=O. The highest BCUT2D eigenvalue weighted by atomic mass is 19.4. The average molecular weight is 448 g/mol. The molecule has 0 spiro atoms. The van der Waals surface area contributed by atoms with E-state index in [4.69, 9.17) is 4.74 Å². The van der Waals surface area contributed by atoms with Crippen LogP contribution in [0.4, 0.5) is 13.2 Å². The number of aromatic nitrogens is 3. The van der Waals surface area contributed by atoms with Crippen molar-refractivity contribution >= 4 is 11.9 Å². The van der Waals surface area contributed by atoms with E-state index in [1.54, 1.807) is 12.1 Å². The van der Waals surface area contributed by atoms with Crippen molar-refractivity contribution < 1.29 is 27.5 Å². The Labute approximate surface area is 180 Å². The van der Waals surface area contributed by atoms with Crippen molar-refractivity contribution in [2.24, 2.45) is 7.05 Å². The van der Waals surface area contributed by atoms with Gasteiger partial charge in [-0.3, -0.25) is 14.2 Å². The van der Waals surface area contributed by atoms with Gasteiger partial charge in [-0.2, -0.15) is 13.2 Å². The number of hydrogen-bond donors (Lipinski definition) is 1. The highest BCUT2D eigenvalue weighted by molar-refractivity contribution is 5.97. The van der Waals surface area contributed by atoms with Gasteiger partial charge < -0.3 is 10.1 Å². The van der Waals surface area contributed by atoms with E-state index >= 15 is 0 Å². The van der Waals surface area contributed by atoms with Gasteiger partial charge in [-0.05, 0) is 24.3 Å². The van der Waals surface area contributed by atoms with E-state index in [0.29, 0.717) is 0 Å². The minimum atomic E-state index is -4.52. The van der Waals surface area contributed by atoms with Crippen molar-refractivity contribution in [2.75, 3.05) is 6.54 Å². The van der Waals surface area contributed by atoms with Crippen LogP contribution in [0.5, 0.6) is 5.75 Å². The van der Waals surface area contributed by atoms with Gasteiger partial charge in [0, 0.05) is 26.1 Å². The van der Waals surface area contributed by atoms with Gasteiger partial charge >= 0.3 is 17.8 Å². The number of nitrogens with zero attached hydrogens (tertiary/aromatic N) is 3. The second-order valence-electron chi connectivity index (χ2n) is 6.81. The second kappa shape index (κ2) is 9.08. The summed E-state index contributed by atoms with van der Waals surface area (Å²) in [4.78, 5) is 36.0. The summed E-state index contributed by atoms with van der Waals surface area (Å²) in [6, 6.07) is 10.7. The molecule has 0 aliphatic carbocycles. The number of para-hydroxylation sites is 1. The van der Waals surface area contributed by atoms with Crippen molar-refractivity contribution in [3.05, 3.63) is 70.1 Å². The van der Waals surface area contributed by atoms with Crippen molar-refractivity contribution in [3.8, 4) is 17.1 Å². The Hall–Kier alpha value is -3.89. The first-order chi connectivity index (χ1) is 15.1. The lowest BCUT2D eigenvalue weighted by atomic mass is 10.1. The summed E-state index contributed by atoms with van der Waals surface area (Å²) in [5, 5.41) is 6.71. The number of rotatable bonds is 6. The summed E-state index contributed by atoms with van der Waals surface area (Å²) in [7, 11) is 1.40. The maximum Gasteiger partial charge on any atom is 0.416 e. The summed E-state index contributed by atoms with van der Waals surface area (Å²) < 4.78 is 46.1. The van der Waals surface area contributed by atoms with E-state index in [1.807, 2.05) is 0 Å². The standard InChI is InChI=1S/C21H19F3N4O4/c1-13(29)32-17-9-4-3-8-16(17)19(30)25-10-11-28-20(31)27(2)18(26-28)14-6-5-7-15(12-14)21(22,23)24/h3-9,12H,10-11H2,1-2H3,(H,25,30). The molecule has 0 saturated heterocycles. The largest absolute Gasteiger partial charge is 0.426 e. The predicted molar refractivity (Wildman–Crippen MR) is 108 cm³/mol. The van der Waals surface area contributed by atoms with E-state index < -0.39 is 29.3 Å². The smallest absolute Gasteiger partial charge is 0.416 e. The molecule has 1 N–H and O–H groups in total. The minimum Gasteiger partial charge on any atom is -0.426 e. The molecule has 2 aromatic carbocycles. The number of hydrogen-bond acceptors (Lipinski definition) is 5. The topological polar surface area (TPSA) is 95.2 Å². The average Bonchev–Trinajstić information content (AvgIpc) is 3.02. The number of nitrogens with one attached hydrogen (secondary N) is 1. The summed E-state index contributed by atoms with van der Waals surface area (Å²) in [5.41, 5.74) is -1.12. The molecular formula is C21H19F3N4O4. The maximum absolute atomic E-state index is 13.0. The van der Waals surface area contributed by atoms with Crippen molar-refractivity contribution in [1.29, 1.82) is 0 Å². The number of carbonyl (C=O) groups excluding carboxylic acids is 2. The van der Waals surface area contributed by atoms with Crippen LogP contribution in [-0.2, 0) is 24.6 Å². The molecule has 0 atom stereocenters. The Kier molecular flexibility index (Phi) is 6.47. The molecule has 0 radical (unpaired) electrons. The van der Waals surface area contributed by atoms with Crippen LogP contribution in [0.15, 0.2) is 53.3 Å². The van der Waals surface area contributed by atoms with Gasteiger partial charge in [0.05, 0.1) is 17.7 Å². The molecule has 1 heterocycles. The van der Waals surface area contributed by atoms with Gasteiger partial charge in [0.25, 0.3) is 5.91 Å². The molecule has 3 rings (SSSR count). The zero-order valence-corrected chi connectivity index (χ0v) is 17.1. The minimum absolute atomic E-state index is 0.00614. The lowest BCUT2D eigenvalue weighted by molar-refractivity contribution is -0.137. The van der Waals surface area contributed by atoms with Gasteiger partial charge in [-0.1, -0.05) is 24.3 Å². The third-order valence-electron chi connectivity index (χ3n) is 4.48. The zero-order chi connectivity index (χ0) is 23.5. The Morgan fingerprint density at radius 2 is 1.84 bits per heavy atom. The molecule has 8 nitrogen and oxygen atoms in total. The Balaban J connectivity index is 1.74. The van der Waals surface area contributed by atoms with E-state index in [1.165, 1.54) is 38.2 Å². The lowest BCUT2D eigenvalue weighted by Gasteiger charge is -2.09. The molecule has 0 bridgehead atoms. The first-order valence-electron chi connectivity index (χ1n) is 9.45. The van der Waals surface area contributed by atoms with Crippen LogP contribution in [0.1, 0.15) is 22.8 Å². The highest BCUT2D eigenvalue weighted by Gasteiger charge is 2.31. The van der Waals surface area contributed by atoms with Crippen molar-refractivity contribution in [2.45, 2.75) is 19.6 Å². The fourth-order valence-electron chi connectivity index (χ4n) is 2.99. The van der Waals surface area contributed by atoms with E-state index in [2.05, 4.69) is 10.4 Å². The molecule has 168 valence electrons. The van der Waals surface area contributed by atoms with E-state index in [0.717, 1.165) is 21.4 Å². The lowest BCUT2D eigenvalue weighted by Crippen LogP contribution is -2.32. The van der Waals surface area contributed by atoms with Crippen LogP contribution in [0, 0.1) is 0 Å². The maximum atomic E-state index is 13.0. The summed E-state index contributed by atoms with van der Waals surface area (Å²) in [6.45, 7) is 1.20. The van der Waals surface area contributed by atoms with Crippen LogP contribution < -0.4 is 15.7 Å². The number of halogens is 3. The molecular weight excluding hydrogens is 429 g/mol. The molecule has 0 fully saturated rings. The number of esters is 1. The normalized spacial score (nSPS) is 11.3. The molecule has 32 heavy (non-hydrogen) atoms. The third kappa shape index (κ3) is 5.05. The first kappa shape index (κ1) is 22.8. The van der Waals surface area contributed by atoms with Crippen molar-refractivity contribution in [3.63, 3.8) is 0 Å². The Bertz CT molecular complexity index is 1210. The highest BCUT2D eigenvalue weighted by Crippen LogP contribution is 2.31. The quantitative estimate of drug-likeness (QED) is 0.462. The van der Waals surface area contributed by atoms with E-state index in [-0.39, 0.29) is 35.8 Å². The van der Waals surface area contributed by atoms with Crippen molar-refractivity contribution in [1.82, 2.24) is 19.7 Å². The molecule has 0 unspecified atom stereocenters. The second-order valence-corrected chi connectivity index (χ2v) is 6.81. The van der Waals surface area contributed by atoms with Crippen LogP contribution in [0.25, 0.3) is 11.4 Å². The Morgan fingerprint density at radius 1 is 1.12 bits per heavy atom. The molecule has 0 aliphatic heterocycles. The predicted octanol–water partition coefficient (Wildman–Crippen LogP) is 2.62.